The summed E-state index contributed by atoms with van der Waals surface area (Å²) >= 11 is 0. The minimum atomic E-state index is 0.490. The van der Waals surface area contributed by atoms with E-state index in [0.717, 1.165) is 18.7 Å². The molecule has 0 saturated carbocycles. The SMILES string of the molecule is C[C@@H]1CN2C(=CN1)Cc1cc(OCc3ccccc3)ccc12. The molecule has 1 N–H and O–H groups in total. The van der Waals surface area contributed by atoms with Crippen LogP contribution in [0.2, 0.25) is 0 Å². The van der Waals surface area contributed by atoms with Crippen molar-refractivity contribution in [2.75, 3.05) is 11.4 Å². The average Bonchev–Trinajstić information content (AvgIpc) is 2.91. The summed E-state index contributed by atoms with van der Waals surface area (Å²) in [5, 5.41) is 3.41. The lowest BCUT2D eigenvalue weighted by molar-refractivity contribution is 0.306. The third-order valence-corrected chi connectivity index (χ3v) is 4.30. The Morgan fingerprint density at radius 1 is 1.18 bits per heavy atom. The average molecular weight is 292 g/mol. The molecule has 0 aliphatic carbocycles. The number of fused-ring (bicyclic) bond motifs is 3. The Bertz CT molecular complexity index is 709. The molecule has 22 heavy (non-hydrogen) atoms. The zero-order valence-electron chi connectivity index (χ0n) is 12.8. The number of ether oxygens (including phenoxy) is 1. The summed E-state index contributed by atoms with van der Waals surface area (Å²) in [5.41, 5.74) is 5.23. The molecule has 2 aromatic carbocycles. The van der Waals surface area contributed by atoms with Crippen molar-refractivity contribution in [3.05, 3.63) is 71.6 Å². The fourth-order valence-corrected chi connectivity index (χ4v) is 3.15. The Morgan fingerprint density at radius 2 is 2.05 bits per heavy atom. The molecule has 0 spiro atoms. The third-order valence-electron chi connectivity index (χ3n) is 4.30. The van der Waals surface area contributed by atoms with Gasteiger partial charge in [0.15, 0.2) is 0 Å². The molecule has 0 saturated heterocycles. The van der Waals surface area contributed by atoms with Crippen molar-refractivity contribution < 1.29 is 4.74 Å². The van der Waals surface area contributed by atoms with Gasteiger partial charge in [0.05, 0.1) is 0 Å². The maximum absolute atomic E-state index is 5.94. The molecule has 2 aromatic rings. The predicted molar refractivity (Wildman–Crippen MR) is 88.9 cm³/mol. The molecule has 3 heteroatoms. The minimum absolute atomic E-state index is 0.490. The van der Waals surface area contributed by atoms with E-state index in [9.17, 15) is 0 Å². The van der Waals surface area contributed by atoms with Gasteiger partial charge in [-0.3, -0.25) is 0 Å². The molecular formula is C19H20N2O. The second-order valence-electron chi connectivity index (χ2n) is 6.06. The van der Waals surface area contributed by atoms with E-state index in [1.807, 2.05) is 18.2 Å². The van der Waals surface area contributed by atoms with Crippen molar-refractivity contribution >= 4 is 5.69 Å². The molecule has 0 fully saturated rings. The summed E-state index contributed by atoms with van der Waals surface area (Å²) in [6.45, 7) is 3.86. The van der Waals surface area contributed by atoms with E-state index in [0.29, 0.717) is 12.6 Å². The number of benzene rings is 2. The highest BCUT2D eigenvalue weighted by atomic mass is 16.5. The molecule has 0 amide bonds. The monoisotopic (exact) mass is 292 g/mol. The Hall–Kier alpha value is -2.42. The molecule has 1 atom stereocenters. The van der Waals surface area contributed by atoms with Gasteiger partial charge in [0.1, 0.15) is 12.4 Å². The highest BCUT2D eigenvalue weighted by Crippen LogP contribution is 2.37. The van der Waals surface area contributed by atoms with E-state index < -0.39 is 0 Å². The molecule has 2 heterocycles. The predicted octanol–water partition coefficient (Wildman–Crippen LogP) is 3.46. The van der Waals surface area contributed by atoms with Gasteiger partial charge in [-0.25, -0.2) is 0 Å². The molecule has 4 rings (SSSR count). The van der Waals surface area contributed by atoms with Gasteiger partial charge in [0.25, 0.3) is 0 Å². The Balaban J connectivity index is 1.52. The van der Waals surface area contributed by atoms with Crippen LogP contribution in [0.3, 0.4) is 0 Å². The van der Waals surface area contributed by atoms with Crippen molar-refractivity contribution in [3.8, 4) is 5.75 Å². The van der Waals surface area contributed by atoms with Crippen LogP contribution in [0.4, 0.5) is 5.69 Å². The van der Waals surface area contributed by atoms with Crippen LogP contribution in [0.15, 0.2) is 60.4 Å². The molecule has 2 aliphatic heterocycles. The second-order valence-corrected chi connectivity index (χ2v) is 6.06. The van der Waals surface area contributed by atoms with Crippen LogP contribution in [-0.4, -0.2) is 12.6 Å². The largest absolute Gasteiger partial charge is 0.489 e. The highest BCUT2D eigenvalue weighted by Gasteiger charge is 2.28. The van der Waals surface area contributed by atoms with Gasteiger partial charge in [-0.15, -0.1) is 0 Å². The van der Waals surface area contributed by atoms with Gasteiger partial charge in [0.2, 0.25) is 0 Å². The van der Waals surface area contributed by atoms with E-state index in [-0.39, 0.29) is 0 Å². The summed E-state index contributed by atoms with van der Waals surface area (Å²) in [5.74, 6) is 0.948. The number of rotatable bonds is 3. The first-order valence-corrected chi connectivity index (χ1v) is 7.82. The maximum atomic E-state index is 5.94. The lowest BCUT2D eigenvalue weighted by atomic mass is 10.1. The molecule has 0 aromatic heterocycles. The van der Waals surface area contributed by atoms with E-state index in [1.165, 1.54) is 22.5 Å². The molecular weight excluding hydrogens is 272 g/mol. The fourth-order valence-electron chi connectivity index (χ4n) is 3.15. The van der Waals surface area contributed by atoms with Crippen LogP contribution in [0, 0.1) is 0 Å². The Kier molecular flexibility index (Phi) is 3.26. The van der Waals surface area contributed by atoms with Gasteiger partial charge >= 0.3 is 0 Å². The fraction of sp³-hybridized carbons (Fsp3) is 0.263. The summed E-state index contributed by atoms with van der Waals surface area (Å²) in [6, 6.07) is 17.2. The summed E-state index contributed by atoms with van der Waals surface area (Å²) in [4.78, 5) is 2.41. The minimum Gasteiger partial charge on any atom is -0.489 e. The molecule has 0 radical (unpaired) electrons. The Labute approximate surface area is 131 Å². The highest BCUT2D eigenvalue weighted by molar-refractivity contribution is 5.67. The molecule has 3 nitrogen and oxygen atoms in total. The standard InChI is InChI=1S/C19H20N2O/c1-14-12-21-17(11-20-14)9-16-10-18(7-8-19(16)21)22-13-15-5-3-2-4-6-15/h2-8,10-11,14,20H,9,12-13H2,1H3/t14-/m1/s1. The van der Waals surface area contributed by atoms with Crippen LogP contribution in [-0.2, 0) is 13.0 Å². The molecule has 112 valence electrons. The van der Waals surface area contributed by atoms with Crippen LogP contribution in [0.5, 0.6) is 5.75 Å². The zero-order chi connectivity index (χ0) is 14.9. The van der Waals surface area contributed by atoms with E-state index in [4.69, 9.17) is 4.74 Å². The molecule has 0 unspecified atom stereocenters. The van der Waals surface area contributed by atoms with E-state index >= 15 is 0 Å². The number of nitrogens with zero attached hydrogens (tertiary/aromatic N) is 1. The van der Waals surface area contributed by atoms with Gasteiger partial charge in [-0.2, -0.15) is 0 Å². The van der Waals surface area contributed by atoms with E-state index in [1.54, 1.807) is 0 Å². The second kappa shape index (κ2) is 5.41. The third kappa shape index (κ3) is 2.43. The number of nitrogens with one attached hydrogen (secondary N) is 1. The molecule has 0 bridgehead atoms. The maximum Gasteiger partial charge on any atom is 0.120 e. The van der Waals surface area contributed by atoms with Crippen molar-refractivity contribution in [2.24, 2.45) is 0 Å². The van der Waals surface area contributed by atoms with Crippen LogP contribution < -0.4 is 15.0 Å². The quantitative estimate of drug-likeness (QED) is 0.937. The number of hydrogen-bond acceptors (Lipinski definition) is 3. The first-order chi connectivity index (χ1) is 10.8. The lowest BCUT2D eigenvalue weighted by Gasteiger charge is -2.30. The van der Waals surface area contributed by atoms with Crippen LogP contribution in [0.25, 0.3) is 0 Å². The zero-order valence-corrected chi connectivity index (χ0v) is 12.8. The van der Waals surface area contributed by atoms with Gasteiger partial charge in [0, 0.05) is 36.6 Å². The topological polar surface area (TPSA) is 24.5 Å². The Morgan fingerprint density at radius 3 is 2.91 bits per heavy atom. The smallest absolute Gasteiger partial charge is 0.120 e. The first-order valence-electron chi connectivity index (χ1n) is 7.82. The first kappa shape index (κ1) is 13.3. The normalized spacial score (nSPS) is 19.0. The number of anilines is 1. The van der Waals surface area contributed by atoms with Crippen LogP contribution >= 0.6 is 0 Å². The summed E-state index contributed by atoms with van der Waals surface area (Å²) < 4.78 is 5.94. The van der Waals surface area contributed by atoms with E-state index in [2.05, 4.69) is 53.7 Å². The van der Waals surface area contributed by atoms with Crippen molar-refractivity contribution in [3.63, 3.8) is 0 Å². The van der Waals surface area contributed by atoms with Crippen molar-refractivity contribution in [1.82, 2.24) is 5.32 Å². The van der Waals surface area contributed by atoms with Crippen LogP contribution in [0.1, 0.15) is 18.1 Å². The van der Waals surface area contributed by atoms with Crippen molar-refractivity contribution in [1.29, 1.82) is 0 Å². The van der Waals surface area contributed by atoms with Crippen molar-refractivity contribution in [2.45, 2.75) is 26.0 Å². The lowest BCUT2D eigenvalue weighted by Crippen LogP contribution is -2.40. The summed E-state index contributed by atoms with van der Waals surface area (Å²) in [6.07, 6.45) is 3.14. The number of hydrogen-bond donors (Lipinski definition) is 1. The van der Waals surface area contributed by atoms with Gasteiger partial charge < -0.3 is 15.0 Å². The van der Waals surface area contributed by atoms with Gasteiger partial charge in [-0.1, -0.05) is 30.3 Å². The van der Waals surface area contributed by atoms with Gasteiger partial charge in [-0.05, 0) is 36.2 Å². The summed E-state index contributed by atoms with van der Waals surface area (Å²) in [7, 11) is 0. The molecule has 2 aliphatic rings. The number of allylic oxidation sites excluding steroid dienone is 1.